The Labute approximate surface area is 82.5 Å². The second kappa shape index (κ2) is 4.73. The van der Waals surface area contributed by atoms with Gasteiger partial charge in [-0.2, -0.15) is 0 Å². The molecule has 0 rings (SSSR count). The summed E-state index contributed by atoms with van der Waals surface area (Å²) in [6.07, 6.45) is -4.46. The quantitative estimate of drug-likeness (QED) is 0.504. The average Bonchev–Trinajstić information content (AvgIpc) is 2.01. The number of hydrogen-bond donors (Lipinski definition) is 0. The Hall–Kier alpha value is 0.0800. The molecule has 0 aromatic carbocycles. The molecule has 4 unspecified atom stereocenters. The summed E-state index contributed by atoms with van der Waals surface area (Å²) in [6, 6.07) is 0. The van der Waals surface area contributed by atoms with Crippen molar-refractivity contribution in [3.05, 3.63) is 0 Å². The molecule has 0 aliphatic heterocycles. The highest BCUT2D eigenvalue weighted by Crippen LogP contribution is 2.34. The molecule has 0 aromatic heterocycles. The standard InChI is InChI=1S/C8H14F5P/c1-7(12,5(9)10)3-4-8(2,13)6(11)14/h5-6H,3-4,14H2,1-2H3. The van der Waals surface area contributed by atoms with E-state index in [0.717, 1.165) is 6.92 Å². The van der Waals surface area contributed by atoms with Crippen molar-refractivity contribution >= 4 is 9.24 Å². The molecule has 0 N–H and O–H groups in total. The molecule has 86 valence electrons. The molecule has 0 saturated carbocycles. The van der Waals surface area contributed by atoms with Crippen LogP contribution in [0.25, 0.3) is 0 Å². The third kappa shape index (κ3) is 4.07. The van der Waals surface area contributed by atoms with E-state index >= 15 is 0 Å². The van der Waals surface area contributed by atoms with Crippen molar-refractivity contribution in [2.24, 2.45) is 0 Å². The van der Waals surface area contributed by atoms with Crippen molar-refractivity contribution in [1.29, 1.82) is 0 Å². The number of halogens is 5. The number of alkyl halides is 5. The lowest BCUT2D eigenvalue weighted by atomic mass is 9.95. The van der Waals surface area contributed by atoms with E-state index < -0.39 is 36.5 Å². The van der Waals surface area contributed by atoms with Crippen LogP contribution in [0.15, 0.2) is 0 Å². The Bertz CT molecular complexity index is 159. The Kier molecular flexibility index (Phi) is 4.76. The van der Waals surface area contributed by atoms with Gasteiger partial charge in [-0.1, -0.05) is 9.24 Å². The molecule has 0 fully saturated rings. The highest BCUT2D eigenvalue weighted by molar-refractivity contribution is 7.17. The highest BCUT2D eigenvalue weighted by atomic mass is 31.0. The molecule has 0 bridgehead atoms. The van der Waals surface area contributed by atoms with E-state index in [1.165, 1.54) is 0 Å². The van der Waals surface area contributed by atoms with E-state index in [4.69, 9.17) is 0 Å². The Morgan fingerprint density at radius 1 is 1.00 bits per heavy atom. The minimum absolute atomic E-state index is 0.574. The summed E-state index contributed by atoms with van der Waals surface area (Å²) in [4.78, 5) is 0. The second-order valence-corrected chi connectivity index (χ2v) is 4.34. The molecule has 0 aromatic rings. The van der Waals surface area contributed by atoms with Crippen LogP contribution >= 0.6 is 9.24 Å². The second-order valence-electron chi connectivity index (χ2n) is 3.76. The van der Waals surface area contributed by atoms with Gasteiger partial charge < -0.3 is 0 Å². The average molecular weight is 236 g/mol. The van der Waals surface area contributed by atoms with E-state index in [-0.39, 0.29) is 0 Å². The van der Waals surface area contributed by atoms with Crippen molar-refractivity contribution in [2.45, 2.75) is 50.4 Å². The van der Waals surface area contributed by atoms with Gasteiger partial charge in [0.2, 0.25) is 0 Å². The van der Waals surface area contributed by atoms with Crippen molar-refractivity contribution in [2.75, 3.05) is 0 Å². The normalized spacial score (nSPS) is 22.9. The first-order valence-corrected chi connectivity index (χ1v) is 4.82. The molecule has 0 aliphatic carbocycles. The van der Waals surface area contributed by atoms with Gasteiger partial charge in [-0.15, -0.1) is 0 Å². The van der Waals surface area contributed by atoms with Gasteiger partial charge in [0.05, 0.1) is 0 Å². The third-order valence-corrected chi connectivity index (χ3v) is 2.83. The molecular formula is C8H14F5P. The van der Waals surface area contributed by atoms with Crippen molar-refractivity contribution < 1.29 is 22.0 Å². The van der Waals surface area contributed by atoms with Crippen molar-refractivity contribution in [3.8, 4) is 0 Å². The molecule has 6 heteroatoms. The van der Waals surface area contributed by atoms with Crippen LogP contribution in [0.2, 0.25) is 0 Å². The van der Waals surface area contributed by atoms with E-state index in [0.29, 0.717) is 6.92 Å². The fourth-order valence-electron chi connectivity index (χ4n) is 0.736. The molecule has 0 heterocycles. The number of rotatable bonds is 5. The maximum Gasteiger partial charge on any atom is 0.271 e. The Balaban J connectivity index is 4.18. The summed E-state index contributed by atoms with van der Waals surface area (Å²) in [5.41, 5.74) is -5.04. The van der Waals surface area contributed by atoms with Crippen LogP contribution in [0.4, 0.5) is 22.0 Å². The lowest BCUT2D eigenvalue weighted by Crippen LogP contribution is -2.34. The van der Waals surface area contributed by atoms with Crippen LogP contribution in [0.1, 0.15) is 26.7 Å². The van der Waals surface area contributed by atoms with Crippen LogP contribution in [-0.2, 0) is 0 Å². The van der Waals surface area contributed by atoms with Gasteiger partial charge in [0, 0.05) is 0 Å². The fraction of sp³-hybridized carbons (Fsp3) is 1.00. The molecule has 0 radical (unpaired) electrons. The van der Waals surface area contributed by atoms with Gasteiger partial charge in [0.25, 0.3) is 6.43 Å². The van der Waals surface area contributed by atoms with Gasteiger partial charge in [0.15, 0.2) is 5.67 Å². The molecule has 0 aliphatic rings. The van der Waals surface area contributed by atoms with Crippen molar-refractivity contribution in [3.63, 3.8) is 0 Å². The summed E-state index contributed by atoms with van der Waals surface area (Å²) in [5.74, 6) is -1.88. The molecule has 4 atom stereocenters. The van der Waals surface area contributed by atoms with E-state index in [9.17, 15) is 22.0 Å². The summed E-state index contributed by atoms with van der Waals surface area (Å²) < 4.78 is 62.7. The SMILES string of the molecule is CC(F)(CCC(C)(F)C(F)P)C(F)F. The van der Waals surface area contributed by atoms with Crippen LogP contribution in [0.3, 0.4) is 0 Å². The molecule has 0 nitrogen and oxygen atoms in total. The predicted molar refractivity (Wildman–Crippen MR) is 48.9 cm³/mol. The maximum atomic E-state index is 13.2. The van der Waals surface area contributed by atoms with Crippen molar-refractivity contribution in [1.82, 2.24) is 0 Å². The summed E-state index contributed by atoms with van der Waals surface area (Å²) in [6.45, 7) is 1.61. The van der Waals surface area contributed by atoms with Gasteiger partial charge >= 0.3 is 0 Å². The van der Waals surface area contributed by atoms with E-state index in [1.807, 2.05) is 0 Å². The molecule has 0 spiro atoms. The smallest absolute Gasteiger partial charge is 0.241 e. The molecular weight excluding hydrogens is 222 g/mol. The van der Waals surface area contributed by atoms with Gasteiger partial charge in [-0.05, 0) is 26.7 Å². The zero-order chi connectivity index (χ0) is 11.6. The summed E-state index contributed by atoms with van der Waals surface area (Å²) >= 11 is 0. The first kappa shape index (κ1) is 14.1. The number of hydrogen-bond acceptors (Lipinski definition) is 0. The van der Waals surface area contributed by atoms with E-state index in [1.54, 1.807) is 9.24 Å². The summed E-state index contributed by atoms with van der Waals surface area (Å²) in [7, 11) is 1.59. The van der Waals surface area contributed by atoms with E-state index in [2.05, 4.69) is 0 Å². The lowest BCUT2D eigenvalue weighted by Gasteiger charge is -2.26. The Morgan fingerprint density at radius 2 is 1.36 bits per heavy atom. The Morgan fingerprint density at radius 3 is 1.64 bits per heavy atom. The van der Waals surface area contributed by atoms with Crippen LogP contribution < -0.4 is 0 Å². The lowest BCUT2D eigenvalue weighted by molar-refractivity contribution is -0.0392. The summed E-state index contributed by atoms with van der Waals surface area (Å²) in [5, 5.41) is 0. The predicted octanol–water partition coefficient (Wildman–Crippen LogP) is 3.66. The van der Waals surface area contributed by atoms with Gasteiger partial charge in [-0.3, -0.25) is 0 Å². The molecule has 0 amide bonds. The highest BCUT2D eigenvalue weighted by Gasteiger charge is 2.39. The monoisotopic (exact) mass is 236 g/mol. The first-order chi connectivity index (χ1) is 6.09. The third-order valence-electron chi connectivity index (χ3n) is 2.13. The van der Waals surface area contributed by atoms with Crippen LogP contribution in [-0.4, -0.2) is 23.7 Å². The molecule has 0 saturated heterocycles. The van der Waals surface area contributed by atoms with Crippen LogP contribution in [0.5, 0.6) is 0 Å². The first-order valence-electron chi connectivity index (χ1n) is 4.15. The zero-order valence-electron chi connectivity index (χ0n) is 8.04. The maximum absolute atomic E-state index is 13.2. The van der Waals surface area contributed by atoms with Crippen LogP contribution in [0, 0.1) is 0 Å². The molecule has 14 heavy (non-hydrogen) atoms. The fourth-order valence-corrected chi connectivity index (χ4v) is 0.902. The minimum atomic E-state index is -3.18. The van der Waals surface area contributed by atoms with Gasteiger partial charge in [0.1, 0.15) is 11.6 Å². The largest absolute Gasteiger partial charge is 0.271 e. The minimum Gasteiger partial charge on any atom is -0.241 e. The zero-order valence-corrected chi connectivity index (χ0v) is 9.19. The topological polar surface area (TPSA) is 0 Å². The van der Waals surface area contributed by atoms with Gasteiger partial charge in [-0.25, -0.2) is 22.0 Å².